The number of carboxylic acid groups (broad SMARTS) is 1. The molecule has 0 aliphatic heterocycles. The quantitative estimate of drug-likeness (QED) is 0.778. The normalized spacial score (nSPS) is 11.8. The smallest absolute Gasteiger partial charge is 0.355 e. The van der Waals surface area contributed by atoms with E-state index in [4.69, 9.17) is 10.8 Å². The van der Waals surface area contributed by atoms with Crippen molar-refractivity contribution in [2.75, 3.05) is 0 Å². The highest BCUT2D eigenvalue weighted by atomic mass is 16.4. The summed E-state index contributed by atoms with van der Waals surface area (Å²) in [5.41, 5.74) is 6.66. The fraction of sp³-hybridized carbons (Fsp3) is 0.267. The zero-order valence-corrected chi connectivity index (χ0v) is 11.6. The topological polar surface area (TPSA) is 93.3 Å². The van der Waals surface area contributed by atoms with Gasteiger partial charge in [-0.05, 0) is 31.4 Å². The highest BCUT2D eigenvalue weighted by Crippen LogP contribution is 2.14. The van der Waals surface area contributed by atoms with Gasteiger partial charge in [-0.3, -0.25) is 4.79 Å². The highest BCUT2D eigenvalue weighted by Gasteiger charge is 2.19. The van der Waals surface area contributed by atoms with Gasteiger partial charge in [0, 0.05) is 6.20 Å². The molecule has 1 heterocycles. The second kappa shape index (κ2) is 7.23. The van der Waals surface area contributed by atoms with Crippen molar-refractivity contribution >= 4 is 11.9 Å². The minimum atomic E-state index is -1.26. The lowest BCUT2D eigenvalue weighted by atomic mass is 10.0. The van der Waals surface area contributed by atoms with Gasteiger partial charge in [0.15, 0.2) is 5.69 Å². The van der Waals surface area contributed by atoms with Crippen LogP contribution in [0, 0.1) is 0 Å². The van der Waals surface area contributed by atoms with E-state index in [-0.39, 0.29) is 11.3 Å². The monoisotopic (exact) mass is 274 g/mol. The van der Waals surface area contributed by atoms with Crippen LogP contribution in [-0.4, -0.2) is 22.0 Å². The number of carboxylic acids is 1. The summed E-state index contributed by atoms with van der Waals surface area (Å²) in [5.74, 6) is -2.03. The first-order valence-electron chi connectivity index (χ1n) is 6.33. The molecule has 5 heteroatoms. The van der Waals surface area contributed by atoms with Crippen molar-refractivity contribution in [3.8, 4) is 0 Å². The van der Waals surface area contributed by atoms with Gasteiger partial charge in [-0.2, -0.15) is 0 Å². The molecular formula is C15H18N2O3. The van der Waals surface area contributed by atoms with Crippen molar-refractivity contribution in [1.82, 2.24) is 4.98 Å². The van der Waals surface area contributed by atoms with Crippen molar-refractivity contribution in [2.24, 2.45) is 5.73 Å². The molecule has 1 rings (SSSR count). The van der Waals surface area contributed by atoms with Crippen molar-refractivity contribution < 1.29 is 14.7 Å². The van der Waals surface area contributed by atoms with E-state index < -0.39 is 11.9 Å². The Labute approximate surface area is 117 Å². The number of carbonyl (C=O) groups excluding carboxylic acids is 1. The molecule has 0 radical (unpaired) electrons. The fourth-order valence-corrected chi connectivity index (χ4v) is 1.86. The Morgan fingerprint density at radius 1 is 1.45 bits per heavy atom. The van der Waals surface area contributed by atoms with Crippen LogP contribution >= 0.6 is 0 Å². The molecule has 0 fully saturated rings. The molecule has 0 spiro atoms. The second-order valence-electron chi connectivity index (χ2n) is 4.19. The first kappa shape index (κ1) is 15.6. The molecule has 0 atom stereocenters. The van der Waals surface area contributed by atoms with Crippen molar-refractivity contribution in [2.45, 2.75) is 26.7 Å². The number of hydrogen-bond donors (Lipinski definition) is 2. The first-order chi connectivity index (χ1) is 9.51. The Kier molecular flexibility index (Phi) is 5.65. The molecule has 1 aromatic heterocycles. The number of amides is 1. The summed E-state index contributed by atoms with van der Waals surface area (Å²) in [6, 6.07) is 1.61. The summed E-state index contributed by atoms with van der Waals surface area (Å²) >= 11 is 0. The highest BCUT2D eigenvalue weighted by molar-refractivity contribution is 6.03. The van der Waals surface area contributed by atoms with Gasteiger partial charge in [0.05, 0.1) is 5.56 Å². The van der Waals surface area contributed by atoms with E-state index in [1.165, 1.54) is 6.20 Å². The van der Waals surface area contributed by atoms with E-state index in [0.29, 0.717) is 12.0 Å². The number of hydrogen-bond acceptors (Lipinski definition) is 3. The molecule has 20 heavy (non-hydrogen) atoms. The Balaban J connectivity index is 3.10. The maximum atomic E-state index is 11.4. The number of aromatic carboxylic acids is 1. The van der Waals surface area contributed by atoms with Crippen LogP contribution in [0.3, 0.4) is 0 Å². The third kappa shape index (κ3) is 3.78. The maximum Gasteiger partial charge on any atom is 0.355 e. The van der Waals surface area contributed by atoms with Gasteiger partial charge in [-0.15, -0.1) is 0 Å². The Morgan fingerprint density at radius 3 is 2.65 bits per heavy atom. The van der Waals surface area contributed by atoms with Gasteiger partial charge in [0.25, 0.3) is 5.91 Å². The van der Waals surface area contributed by atoms with Crippen molar-refractivity contribution in [3.05, 3.63) is 52.9 Å². The Morgan fingerprint density at radius 2 is 2.15 bits per heavy atom. The summed E-state index contributed by atoms with van der Waals surface area (Å²) in [6.07, 6.45) is 8.54. The molecule has 0 saturated heterocycles. The standard InChI is InChI=1S/C15H18N2O3/c1-3-10(4-2)6-5-7-11-8-9-17-13(15(19)20)12(11)14(16)18/h3,5-6,8-9H,4,7H2,1-2H3,(H2,16,18)(H,19,20). The summed E-state index contributed by atoms with van der Waals surface area (Å²) in [7, 11) is 0. The van der Waals surface area contributed by atoms with Gasteiger partial charge in [0.1, 0.15) is 0 Å². The molecule has 0 bridgehead atoms. The molecule has 0 aliphatic carbocycles. The fourth-order valence-electron chi connectivity index (χ4n) is 1.86. The van der Waals surface area contributed by atoms with Crippen LogP contribution < -0.4 is 5.73 Å². The molecule has 3 N–H and O–H groups in total. The summed E-state index contributed by atoms with van der Waals surface area (Å²) < 4.78 is 0. The predicted octanol–water partition coefficient (Wildman–Crippen LogP) is 2.33. The Bertz CT molecular complexity index is 574. The molecule has 106 valence electrons. The summed E-state index contributed by atoms with van der Waals surface area (Å²) in [4.78, 5) is 26.2. The molecule has 0 aromatic carbocycles. The lowest BCUT2D eigenvalue weighted by Crippen LogP contribution is -2.20. The van der Waals surface area contributed by atoms with Crippen LogP contribution in [0.4, 0.5) is 0 Å². The van der Waals surface area contributed by atoms with Gasteiger partial charge < -0.3 is 10.8 Å². The number of primary amides is 1. The average molecular weight is 274 g/mol. The number of pyridine rings is 1. The van der Waals surface area contributed by atoms with Gasteiger partial charge >= 0.3 is 5.97 Å². The van der Waals surface area contributed by atoms with Crippen LogP contribution in [-0.2, 0) is 6.42 Å². The minimum Gasteiger partial charge on any atom is -0.476 e. The molecule has 0 saturated carbocycles. The van der Waals surface area contributed by atoms with Crippen LogP contribution in [0.1, 0.15) is 46.7 Å². The van der Waals surface area contributed by atoms with Gasteiger partial charge in [-0.25, -0.2) is 9.78 Å². The maximum absolute atomic E-state index is 11.4. The number of allylic oxidation sites excluding steroid dienone is 4. The van der Waals surface area contributed by atoms with E-state index >= 15 is 0 Å². The van der Waals surface area contributed by atoms with Gasteiger partial charge in [-0.1, -0.05) is 30.7 Å². The Hall–Kier alpha value is -2.43. The van der Waals surface area contributed by atoms with Crippen molar-refractivity contribution in [1.29, 1.82) is 0 Å². The van der Waals surface area contributed by atoms with Crippen molar-refractivity contribution in [3.63, 3.8) is 0 Å². The predicted molar refractivity (Wildman–Crippen MR) is 76.6 cm³/mol. The lowest BCUT2D eigenvalue weighted by molar-refractivity contribution is 0.0685. The zero-order chi connectivity index (χ0) is 15.1. The zero-order valence-electron chi connectivity index (χ0n) is 11.6. The van der Waals surface area contributed by atoms with Gasteiger partial charge in [0.2, 0.25) is 0 Å². The summed E-state index contributed by atoms with van der Waals surface area (Å²) in [5, 5.41) is 9.03. The molecule has 5 nitrogen and oxygen atoms in total. The number of carbonyl (C=O) groups is 2. The van der Waals surface area contributed by atoms with E-state index in [2.05, 4.69) is 4.98 Å². The summed E-state index contributed by atoms with van der Waals surface area (Å²) in [6.45, 7) is 4.00. The minimum absolute atomic E-state index is 0.0248. The van der Waals surface area contributed by atoms with Crippen LogP contribution in [0.15, 0.2) is 36.1 Å². The molecule has 1 aromatic rings. The van der Waals surface area contributed by atoms with E-state index in [9.17, 15) is 9.59 Å². The van der Waals surface area contributed by atoms with Crippen LogP contribution in [0.5, 0.6) is 0 Å². The molecule has 0 unspecified atom stereocenters. The number of aromatic nitrogens is 1. The second-order valence-corrected chi connectivity index (χ2v) is 4.19. The first-order valence-corrected chi connectivity index (χ1v) is 6.33. The third-order valence-corrected chi connectivity index (χ3v) is 2.93. The third-order valence-electron chi connectivity index (χ3n) is 2.93. The number of rotatable bonds is 6. The van der Waals surface area contributed by atoms with E-state index in [1.807, 2.05) is 32.1 Å². The number of nitrogens with two attached hydrogens (primary N) is 1. The van der Waals surface area contributed by atoms with Crippen LogP contribution in [0.2, 0.25) is 0 Å². The molecule has 0 aliphatic rings. The van der Waals surface area contributed by atoms with E-state index in [0.717, 1.165) is 12.0 Å². The lowest BCUT2D eigenvalue weighted by Gasteiger charge is -2.07. The SMILES string of the molecule is CC=C(C=CCc1ccnc(C(=O)O)c1C(N)=O)CC. The average Bonchev–Trinajstić information content (AvgIpc) is 2.43. The molecule has 1 amide bonds. The number of nitrogens with zero attached hydrogens (tertiary/aromatic N) is 1. The van der Waals surface area contributed by atoms with Crippen LogP contribution in [0.25, 0.3) is 0 Å². The largest absolute Gasteiger partial charge is 0.476 e. The molecular weight excluding hydrogens is 256 g/mol. The van der Waals surface area contributed by atoms with E-state index in [1.54, 1.807) is 6.07 Å².